The lowest BCUT2D eigenvalue weighted by atomic mass is 10.1. The van der Waals surface area contributed by atoms with Crippen molar-refractivity contribution in [2.45, 2.75) is 32.9 Å². The number of aromatic nitrogens is 2. The van der Waals surface area contributed by atoms with Gasteiger partial charge in [0.05, 0.1) is 20.0 Å². The second-order valence-corrected chi connectivity index (χ2v) is 7.43. The van der Waals surface area contributed by atoms with Gasteiger partial charge in [0, 0.05) is 39.1 Å². The molecule has 0 atom stereocenters. The molecule has 2 aromatic carbocycles. The van der Waals surface area contributed by atoms with Gasteiger partial charge in [0.25, 0.3) is 0 Å². The molecule has 0 fully saturated rings. The number of nitrogens with one attached hydrogen (secondary N) is 2. The van der Waals surface area contributed by atoms with Gasteiger partial charge in [-0.3, -0.25) is 4.99 Å². The zero-order chi connectivity index (χ0) is 22.6. The number of aryl methyl sites for hydroxylation is 1. The molecule has 0 bridgehead atoms. The summed E-state index contributed by atoms with van der Waals surface area (Å²) in [6, 6.07) is 14.7. The number of nitrogens with zero attached hydrogens (tertiary/aromatic N) is 3. The number of aliphatic imine (C=N–C) groups is 1. The molecule has 3 rings (SSSR count). The number of guanidine groups is 1. The fourth-order valence-corrected chi connectivity index (χ4v) is 3.40. The van der Waals surface area contributed by atoms with Crippen LogP contribution in [0.25, 0.3) is 0 Å². The highest BCUT2D eigenvalue weighted by atomic mass is 16.5. The molecule has 3 aromatic rings. The highest BCUT2D eigenvalue weighted by Gasteiger charge is 2.06. The number of rotatable bonds is 11. The van der Waals surface area contributed by atoms with E-state index in [1.54, 1.807) is 20.4 Å². The Morgan fingerprint density at radius 2 is 1.81 bits per heavy atom. The van der Waals surface area contributed by atoms with E-state index in [0.29, 0.717) is 6.61 Å². The summed E-state index contributed by atoms with van der Waals surface area (Å²) in [6.07, 6.45) is 7.54. The van der Waals surface area contributed by atoms with Crippen molar-refractivity contribution in [1.82, 2.24) is 20.2 Å². The van der Waals surface area contributed by atoms with E-state index in [-0.39, 0.29) is 0 Å². The van der Waals surface area contributed by atoms with Crippen LogP contribution in [-0.2, 0) is 19.5 Å². The van der Waals surface area contributed by atoms with E-state index in [1.165, 1.54) is 16.7 Å². The molecule has 0 radical (unpaired) electrons. The lowest BCUT2D eigenvalue weighted by Crippen LogP contribution is -2.37. The number of methoxy groups -OCH3 is 1. The summed E-state index contributed by atoms with van der Waals surface area (Å²) in [4.78, 5) is 8.41. The van der Waals surface area contributed by atoms with Gasteiger partial charge < -0.3 is 24.7 Å². The summed E-state index contributed by atoms with van der Waals surface area (Å²) in [7, 11) is 3.46. The molecule has 2 N–H and O–H groups in total. The van der Waals surface area contributed by atoms with E-state index in [2.05, 4.69) is 61.6 Å². The Kier molecular flexibility index (Phi) is 8.98. The topological polar surface area (TPSA) is 72.7 Å². The Morgan fingerprint density at radius 3 is 2.50 bits per heavy atom. The summed E-state index contributed by atoms with van der Waals surface area (Å²) < 4.78 is 13.1. The first-order valence-corrected chi connectivity index (χ1v) is 11.0. The molecule has 7 heteroatoms. The highest BCUT2D eigenvalue weighted by molar-refractivity contribution is 5.79. The van der Waals surface area contributed by atoms with Crippen molar-refractivity contribution in [2.75, 3.05) is 27.3 Å². The van der Waals surface area contributed by atoms with Crippen molar-refractivity contribution in [2.24, 2.45) is 4.99 Å². The number of hydrogen-bond acceptors (Lipinski definition) is 4. The van der Waals surface area contributed by atoms with Gasteiger partial charge in [-0.1, -0.05) is 30.3 Å². The van der Waals surface area contributed by atoms with E-state index < -0.39 is 0 Å². The Bertz CT molecular complexity index is 969. The normalized spacial score (nSPS) is 11.3. The Morgan fingerprint density at radius 1 is 1.03 bits per heavy atom. The van der Waals surface area contributed by atoms with Gasteiger partial charge in [-0.05, 0) is 48.6 Å². The Balaban J connectivity index is 1.40. The van der Waals surface area contributed by atoms with Gasteiger partial charge >= 0.3 is 0 Å². The summed E-state index contributed by atoms with van der Waals surface area (Å²) in [5.41, 5.74) is 3.69. The molecule has 170 valence electrons. The molecular weight excluding hydrogens is 402 g/mol. The van der Waals surface area contributed by atoms with Gasteiger partial charge in [0.2, 0.25) is 0 Å². The molecule has 0 saturated carbocycles. The van der Waals surface area contributed by atoms with Crippen LogP contribution >= 0.6 is 0 Å². The van der Waals surface area contributed by atoms with Gasteiger partial charge in [-0.25, -0.2) is 4.98 Å². The van der Waals surface area contributed by atoms with Crippen molar-refractivity contribution in [1.29, 1.82) is 0 Å². The standard InChI is InChI=1S/C25H33N5O2/c1-4-32-24-16-20(11-12-23(24)31-3)6-5-13-28-25(26-2)29-17-21-7-9-22(10-8-21)18-30-15-14-27-19-30/h7-12,14-16,19H,4-6,13,17-18H2,1-3H3,(H2,26,28,29). The van der Waals surface area contributed by atoms with E-state index in [9.17, 15) is 0 Å². The first-order chi connectivity index (χ1) is 15.7. The second kappa shape index (κ2) is 12.4. The van der Waals surface area contributed by atoms with E-state index in [0.717, 1.165) is 49.9 Å². The van der Waals surface area contributed by atoms with Crippen LogP contribution in [0.5, 0.6) is 11.5 Å². The summed E-state index contributed by atoms with van der Waals surface area (Å²) in [5.74, 6) is 2.37. The zero-order valence-corrected chi connectivity index (χ0v) is 19.2. The van der Waals surface area contributed by atoms with Crippen molar-refractivity contribution in [3.05, 3.63) is 77.9 Å². The van der Waals surface area contributed by atoms with Crippen LogP contribution in [0.1, 0.15) is 30.0 Å². The minimum Gasteiger partial charge on any atom is -0.493 e. The second-order valence-electron chi connectivity index (χ2n) is 7.43. The van der Waals surface area contributed by atoms with Crippen LogP contribution in [0.4, 0.5) is 0 Å². The molecule has 7 nitrogen and oxygen atoms in total. The third-order valence-electron chi connectivity index (χ3n) is 5.09. The lowest BCUT2D eigenvalue weighted by Gasteiger charge is -2.13. The van der Waals surface area contributed by atoms with Crippen LogP contribution in [0, 0.1) is 0 Å². The smallest absolute Gasteiger partial charge is 0.191 e. The van der Waals surface area contributed by atoms with E-state index in [1.807, 2.05) is 25.5 Å². The maximum absolute atomic E-state index is 5.66. The maximum atomic E-state index is 5.66. The molecule has 1 heterocycles. The Hall–Kier alpha value is -3.48. The molecule has 0 spiro atoms. The Labute approximate surface area is 190 Å². The molecule has 0 aliphatic carbocycles. The maximum Gasteiger partial charge on any atom is 0.191 e. The first-order valence-electron chi connectivity index (χ1n) is 11.0. The predicted octanol–water partition coefficient (Wildman–Crippen LogP) is 3.64. The molecule has 0 amide bonds. The van der Waals surface area contributed by atoms with Crippen LogP contribution in [-0.4, -0.2) is 42.8 Å². The zero-order valence-electron chi connectivity index (χ0n) is 19.2. The molecule has 0 aliphatic rings. The van der Waals surface area contributed by atoms with Gasteiger partial charge in [-0.15, -0.1) is 0 Å². The largest absolute Gasteiger partial charge is 0.493 e. The molecule has 0 saturated heterocycles. The molecule has 0 unspecified atom stereocenters. The average molecular weight is 436 g/mol. The quantitative estimate of drug-likeness (QED) is 0.273. The minimum atomic E-state index is 0.622. The molecule has 1 aromatic heterocycles. The molecular formula is C25H33N5O2. The third kappa shape index (κ3) is 7.04. The van der Waals surface area contributed by atoms with Crippen molar-refractivity contribution in [3.63, 3.8) is 0 Å². The van der Waals surface area contributed by atoms with Crippen molar-refractivity contribution < 1.29 is 9.47 Å². The van der Waals surface area contributed by atoms with Crippen LogP contribution in [0.3, 0.4) is 0 Å². The number of imidazole rings is 1. The number of benzene rings is 2. The minimum absolute atomic E-state index is 0.622. The SMILES string of the molecule is CCOc1cc(CCCNC(=NC)NCc2ccc(Cn3ccnc3)cc2)ccc1OC. The van der Waals surface area contributed by atoms with Gasteiger partial charge in [0.15, 0.2) is 17.5 Å². The van der Waals surface area contributed by atoms with Crippen LogP contribution in [0.15, 0.2) is 66.2 Å². The van der Waals surface area contributed by atoms with E-state index >= 15 is 0 Å². The van der Waals surface area contributed by atoms with Gasteiger partial charge in [-0.2, -0.15) is 0 Å². The number of hydrogen-bond donors (Lipinski definition) is 2. The molecule has 0 aliphatic heterocycles. The number of ether oxygens (including phenoxy) is 2. The van der Waals surface area contributed by atoms with Crippen LogP contribution < -0.4 is 20.1 Å². The summed E-state index contributed by atoms with van der Waals surface area (Å²) >= 11 is 0. The van der Waals surface area contributed by atoms with Gasteiger partial charge in [0.1, 0.15) is 0 Å². The highest BCUT2D eigenvalue weighted by Crippen LogP contribution is 2.28. The average Bonchev–Trinajstić information content (AvgIpc) is 3.33. The van der Waals surface area contributed by atoms with Crippen molar-refractivity contribution in [3.8, 4) is 11.5 Å². The predicted molar refractivity (Wildman–Crippen MR) is 128 cm³/mol. The summed E-state index contributed by atoms with van der Waals surface area (Å²) in [6.45, 7) is 4.99. The van der Waals surface area contributed by atoms with E-state index in [4.69, 9.17) is 9.47 Å². The van der Waals surface area contributed by atoms with Crippen molar-refractivity contribution >= 4 is 5.96 Å². The lowest BCUT2D eigenvalue weighted by molar-refractivity contribution is 0.310. The molecule has 32 heavy (non-hydrogen) atoms. The fraction of sp³-hybridized carbons (Fsp3) is 0.360. The van der Waals surface area contributed by atoms with Crippen LogP contribution in [0.2, 0.25) is 0 Å². The summed E-state index contributed by atoms with van der Waals surface area (Å²) in [5, 5.41) is 6.76. The monoisotopic (exact) mass is 435 g/mol. The first kappa shape index (κ1) is 23.2. The fourth-order valence-electron chi connectivity index (χ4n) is 3.40. The third-order valence-corrected chi connectivity index (χ3v) is 5.09.